The summed E-state index contributed by atoms with van der Waals surface area (Å²) >= 11 is 5.67. The Morgan fingerprint density at radius 3 is 2.60 bits per heavy atom. The van der Waals surface area contributed by atoms with Crippen molar-refractivity contribution in [3.63, 3.8) is 0 Å². The zero-order chi connectivity index (χ0) is 14.2. The molecule has 0 aliphatic rings. The number of unbranched alkanes of at least 4 members (excludes halogenated alkanes) is 3. The lowest BCUT2D eigenvalue weighted by atomic mass is 10.1. The number of hydrogen-bond donors (Lipinski definition) is 0. The number of nitrogens with zero attached hydrogens (tertiary/aromatic N) is 2. The van der Waals surface area contributed by atoms with Crippen LogP contribution >= 0.6 is 11.6 Å². The van der Waals surface area contributed by atoms with Gasteiger partial charge in [0.25, 0.3) is 5.56 Å². The summed E-state index contributed by atoms with van der Waals surface area (Å²) in [5.74, 6) is 1.41. The smallest absolute Gasteiger partial charge is 0.256 e. The Bertz CT molecular complexity index is 581. The Hall–Kier alpha value is -1.61. The summed E-state index contributed by atoms with van der Waals surface area (Å²) in [6.45, 7) is 0. The van der Waals surface area contributed by atoms with Gasteiger partial charge in [0.15, 0.2) is 0 Å². The summed E-state index contributed by atoms with van der Waals surface area (Å²) < 4.78 is 1.70. The molecule has 0 N–H and O–H groups in total. The fraction of sp³-hybridized carbons (Fsp3) is 0.375. The number of hydrogen-bond acceptors (Lipinski definition) is 2. The fourth-order valence-electron chi connectivity index (χ4n) is 2.23. The molecule has 0 unspecified atom stereocenters. The first-order chi connectivity index (χ1) is 9.83. The SMILES string of the molecule is O=c1cccc(CCCCCCCl)n1-c1ccccn1. The number of pyridine rings is 2. The van der Waals surface area contributed by atoms with Crippen LogP contribution in [0.15, 0.2) is 47.4 Å². The molecule has 0 aliphatic heterocycles. The lowest BCUT2D eigenvalue weighted by Crippen LogP contribution is -2.21. The maximum atomic E-state index is 12.1. The van der Waals surface area contributed by atoms with Crippen LogP contribution in [0.5, 0.6) is 0 Å². The minimum absolute atomic E-state index is 0.0260. The monoisotopic (exact) mass is 290 g/mol. The molecular formula is C16H19ClN2O. The number of halogens is 1. The third kappa shape index (κ3) is 3.94. The van der Waals surface area contributed by atoms with Crippen LogP contribution in [0.4, 0.5) is 0 Å². The molecule has 2 heterocycles. The quantitative estimate of drug-likeness (QED) is 0.577. The molecule has 0 radical (unpaired) electrons. The molecule has 3 nitrogen and oxygen atoms in total. The fourth-order valence-corrected chi connectivity index (χ4v) is 2.42. The maximum absolute atomic E-state index is 12.1. The molecule has 0 aromatic carbocycles. The molecule has 4 heteroatoms. The molecule has 0 fully saturated rings. The van der Waals surface area contributed by atoms with Crippen LogP contribution in [-0.4, -0.2) is 15.4 Å². The average Bonchev–Trinajstić information content (AvgIpc) is 2.48. The number of aromatic nitrogens is 2. The van der Waals surface area contributed by atoms with Gasteiger partial charge in [-0.3, -0.25) is 9.36 Å². The molecule has 106 valence electrons. The first-order valence-corrected chi connectivity index (χ1v) is 7.54. The van der Waals surface area contributed by atoms with E-state index in [-0.39, 0.29) is 5.56 Å². The first-order valence-electron chi connectivity index (χ1n) is 7.01. The van der Waals surface area contributed by atoms with Gasteiger partial charge in [-0.05, 0) is 37.5 Å². The standard InChI is InChI=1S/C16H19ClN2O/c17-12-5-2-1-3-8-14-9-7-11-16(20)19(14)15-10-4-6-13-18-15/h4,6-7,9-11,13H,1-3,5,8,12H2. The summed E-state index contributed by atoms with van der Waals surface area (Å²) in [5, 5.41) is 0. The molecule has 0 saturated heterocycles. The predicted molar refractivity (Wildman–Crippen MR) is 82.7 cm³/mol. The number of aryl methyl sites for hydroxylation is 1. The van der Waals surface area contributed by atoms with Crippen molar-refractivity contribution in [1.82, 2.24) is 9.55 Å². The van der Waals surface area contributed by atoms with Crippen molar-refractivity contribution in [2.24, 2.45) is 0 Å². The average molecular weight is 291 g/mol. The second kappa shape index (κ2) is 7.85. The van der Waals surface area contributed by atoms with Gasteiger partial charge in [0.05, 0.1) is 0 Å². The lowest BCUT2D eigenvalue weighted by Gasteiger charge is -2.11. The van der Waals surface area contributed by atoms with E-state index in [1.165, 1.54) is 0 Å². The summed E-state index contributed by atoms with van der Waals surface area (Å²) in [5.41, 5.74) is 0.990. The van der Waals surface area contributed by atoms with Crippen LogP contribution in [0.1, 0.15) is 31.4 Å². The van der Waals surface area contributed by atoms with Crippen LogP contribution in [0, 0.1) is 0 Å². The predicted octanol–water partition coefficient (Wildman–Crippen LogP) is 3.57. The van der Waals surface area contributed by atoms with Crippen LogP contribution in [-0.2, 0) is 6.42 Å². The summed E-state index contributed by atoms with van der Waals surface area (Å²) in [6.07, 6.45) is 6.99. The first kappa shape index (κ1) is 14.8. The molecule has 0 saturated carbocycles. The van der Waals surface area contributed by atoms with Crippen molar-refractivity contribution in [1.29, 1.82) is 0 Å². The minimum atomic E-state index is -0.0260. The van der Waals surface area contributed by atoms with E-state index in [1.54, 1.807) is 16.8 Å². The van der Waals surface area contributed by atoms with Crippen LogP contribution in [0.25, 0.3) is 5.82 Å². The Morgan fingerprint density at radius 2 is 1.85 bits per heavy atom. The highest BCUT2D eigenvalue weighted by molar-refractivity contribution is 6.17. The Balaban J connectivity index is 2.13. The van der Waals surface area contributed by atoms with Gasteiger partial charge < -0.3 is 0 Å². The minimum Gasteiger partial charge on any atom is -0.269 e. The van der Waals surface area contributed by atoms with Gasteiger partial charge in [-0.15, -0.1) is 11.6 Å². The summed E-state index contributed by atoms with van der Waals surface area (Å²) in [7, 11) is 0. The van der Waals surface area contributed by atoms with Crippen molar-refractivity contribution in [3.8, 4) is 5.82 Å². The van der Waals surface area contributed by atoms with Crippen molar-refractivity contribution >= 4 is 11.6 Å². The third-order valence-corrected chi connectivity index (χ3v) is 3.50. The zero-order valence-corrected chi connectivity index (χ0v) is 12.2. The van der Waals surface area contributed by atoms with Crippen molar-refractivity contribution in [2.45, 2.75) is 32.1 Å². The highest BCUT2D eigenvalue weighted by atomic mass is 35.5. The van der Waals surface area contributed by atoms with Gasteiger partial charge >= 0.3 is 0 Å². The van der Waals surface area contributed by atoms with Crippen molar-refractivity contribution in [2.75, 3.05) is 5.88 Å². The van der Waals surface area contributed by atoms with Gasteiger partial charge in [-0.2, -0.15) is 0 Å². The van der Waals surface area contributed by atoms with E-state index in [4.69, 9.17) is 11.6 Å². The van der Waals surface area contributed by atoms with Crippen LogP contribution in [0.3, 0.4) is 0 Å². The molecule has 20 heavy (non-hydrogen) atoms. The second-order valence-corrected chi connectivity index (χ2v) is 5.11. The van der Waals surface area contributed by atoms with Gasteiger partial charge in [0.1, 0.15) is 5.82 Å². The zero-order valence-electron chi connectivity index (χ0n) is 11.5. The Morgan fingerprint density at radius 1 is 1.00 bits per heavy atom. The lowest BCUT2D eigenvalue weighted by molar-refractivity contribution is 0.652. The van der Waals surface area contributed by atoms with E-state index < -0.39 is 0 Å². The molecule has 2 aromatic rings. The highest BCUT2D eigenvalue weighted by Crippen LogP contribution is 2.10. The number of rotatable bonds is 7. The van der Waals surface area contributed by atoms with E-state index in [2.05, 4.69) is 4.98 Å². The molecule has 0 atom stereocenters. The molecule has 2 rings (SSSR count). The maximum Gasteiger partial charge on any atom is 0.256 e. The van der Waals surface area contributed by atoms with E-state index in [0.717, 1.165) is 43.7 Å². The largest absolute Gasteiger partial charge is 0.269 e. The highest BCUT2D eigenvalue weighted by Gasteiger charge is 2.06. The molecular weight excluding hydrogens is 272 g/mol. The van der Waals surface area contributed by atoms with E-state index in [0.29, 0.717) is 5.82 Å². The molecule has 0 amide bonds. The van der Waals surface area contributed by atoms with Gasteiger partial charge in [0, 0.05) is 23.8 Å². The van der Waals surface area contributed by atoms with Crippen LogP contribution in [0.2, 0.25) is 0 Å². The number of alkyl halides is 1. The van der Waals surface area contributed by atoms with E-state index in [9.17, 15) is 4.79 Å². The van der Waals surface area contributed by atoms with Crippen LogP contribution < -0.4 is 5.56 Å². The topological polar surface area (TPSA) is 34.9 Å². The van der Waals surface area contributed by atoms with E-state index >= 15 is 0 Å². The molecule has 0 spiro atoms. The molecule has 0 aliphatic carbocycles. The Labute approximate surface area is 124 Å². The van der Waals surface area contributed by atoms with Gasteiger partial charge in [0.2, 0.25) is 0 Å². The summed E-state index contributed by atoms with van der Waals surface area (Å²) in [6, 6.07) is 11.0. The third-order valence-electron chi connectivity index (χ3n) is 3.23. The van der Waals surface area contributed by atoms with Crippen molar-refractivity contribution < 1.29 is 0 Å². The molecule has 2 aromatic heterocycles. The Kier molecular flexibility index (Phi) is 5.81. The second-order valence-electron chi connectivity index (χ2n) is 4.73. The summed E-state index contributed by atoms with van der Waals surface area (Å²) in [4.78, 5) is 16.4. The normalized spacial score (nSPS) is 10.7. The van der Waals surface area contributed by atoms with Gasteiger partial charge in [-0.1, -0.05) is 25.0 Å². The van der Waals surface area contributed by atoms with Gasteiger partial charge in [-0.25, -0.2) is 4.98 Å². The molecule has 0 bridgehead atoms. The van der Waals surface area contributed by atoms with Crippen molar-refractivity contribution in [3.05, 3.63) is 58.6 Å². The van der Waals surface area contributed by atoms with E-state index in [1.807, 2.05) is 30.3 Å².